The van der Waals surface area contributed by atoms with Crippen LogP contribution in [0.2, 0.25) is 5.02 Å². The van der Waals surface area contributed by atoms with Gasteiger partial charge in [-0.25, -0.2) is 14.8 Å². The van der Waals surface area contributed by atoms with Crippen molar-refractivity contribution in [2.75, 3.05) is 18.8 Å². The molecule has 3 aromatic rings. The molecule has 9 heteroatoms. The lowest BCUT2D eigenvalue weighted by Gasteiger charge is -2.14. The van der Waals surface area contributed by atoms with Gasteiger partial charge in [0.15, 0.2) is 11.5 Å². The van der Waals surface area contributed by atoms with Crippen LogP contribution in [0.25, 0.3) is 16.9 Å². The summed E-state index contributed by atoms with van der Waals surface area (Å²) in [5.74, 6) is 0.0592. The van der Waals surface area contributed by atoms with E-state index in [1.165, 1.54) is 17.0 Å². The highest BCUT2D eigenvalue weighted by Crippen LogP contribution is 2.27. The molecule has 1 saturated heterocycles. The molecule has 1 aliphatic rings. The topological polar surface area (TPSA) is 99.0 Å². The number of aromatic nitrogens is 4. The average molecular weight is 385 g/mol. The van der Waals surface area contributed by atoms with Crippen LogP contribution < -0.4 is 11.4 Å². The molecule has 1 aliphatic heterocycles. The van der Waals surface area contributed by atoms with Gasteiger partial charge in [0.25, 0.3) is 0 Å². The van der Waals surface area contributed by atoms with Crippen molar-refractivity contribution in [2.45, 2.75) is 12.5 Å². The number of fused-ring (bicyclic) bond motifs is 1. The molecule has 0 aliphatic carbocycles. The third kappa shape index (κ3) is 2.78. The van der Waals surface area contributed by atoms with E-state index in [0.29, 0.717) is 41.4 Å². The summed E-state index contributed by atoms with van der Waals surface area (Å²) in [6, 6.07) is 6.68. The number of rotatable bonds is 3. The lowest BCUT2D eigenvalue weighted by Crippen LogP contribution is -2.31. The van der Waals surface area contributed by atoms with E-state index in [0.717, 1.165) is 0 Å². The molecular weight excluding hydrogens is 368 g/mol. The quantitative estimate of drug-likeness (QED) is 0.694. The molecular formula is C18H17ClN6O2. The van der Waals surface area contributed by atoms with Crippen molar-refractivity contribution < 1.29 is 4.79 Å². The third-order valence-corrected chi connectivity index (χ3v) is 5.03. The molecule has 0 saturated carbocycles. The Kier molecular flexibility index (Phi) is 4.19. The minimum atomic E-state index is -0.280. The summed E-state index contributed by atoms with van der Waals surface area (Å²) in [6.07, 6.45) is 3.26. The summed E-state index contributed by atoms with van der Waals surface area (Å²) in [4.78, 5) is 35.2. The highest BCUT2D eigenvalue weighted by atomic mass is 35.5. The first kappa shape index (κ1) is 17.3. The number of amides is 1. The number of nitrogens with two attached hydrogens (primary N) is 1. The van der Waals surface area contributed by atoms with Gasteiger partial charge in [-0.05, 0) is 36.8 Å². The zero-order valence-electron chi connectivity index (χ0n) is 14.4. The molecule has 1 atom stereocenters. The first-order valence-electron chi connectivity index (χ1n) is 8.42. The number of benzene rings is 1. The highest BCUT2D eigenvalue weighted by molar-refractivity contribution is 6.30. The van der Waals surface area contributed by atoms with Crippen LogP contribution in [0.3, 0.4) is 0 Å². The summed E-state index contributed by atoms with van der Waals surface area (Å²) < 4.78 is 3.08. The van der Waals surface area contributed by atoms with E-state index in [1.807, 2.05) is 0 Å². The van der Waals surface area contributed by atoms with Crippen molar-refractivity contribution in [3.63, 3.8) is 0 Å². The zero-order chi connectivity index (χ0) is 19.1. The monoisotopic (exact) mass is 384 g/mol. The van der Waals surface area contributed by atoms with E-state index in [1.54, 1.807) is 33.7 Å². The average Bonchev–Trinajstić information content (AvgIpc) is 3.25. The molecule has 0 spiro atoms. The minimum absolute atomic E-state index is 0.152. The Bertz CT molecular complexity index is 1100. The van der Waals surface area contributed by atoms with Crippen LogP contribution in [0.1, 0.15) is 12.5 Å². The molecule has 1 fully saturated rings. The van der Waals surface area contributed by atoms with Gasteiger partial charge < -0.3 is 10.6 Å². The van der Waals surface area contributed by atoms with E-state index < -0.39 is 0 Å². The van der Waals surface area contributed by atoms with Gasteiger partial charge in [0.2, 0.25) is 5.91 Å². The smallest absolute Gasteiger partial charge is 0.335 e. The van der Waals surface area contributed by atoms with E-state index in [-0.39, 0.29) is 23.5 Å². The fourth-order valence-corrected chi connectivity index (χ4v) is 3.63. The van der Waals surface area contributed by atoms with Crippen molar-refractivity contribution in [1.82, 2.24) is 24.0 Å². The van der Waals surface area contributed by atoms with E-state index in [2.05, 4.69) is 16.5 Å². The number of anilines is 1. The van der Waals surface area contributed by atoms with Gasteiger partial charge in [-0.3, -0.25) is 13.9 Å². The van der Waals surface area contributed by atoms with Gasteiger partial charge in [-0.1, -0.05) is 18.2 Å². The molecule has 4 rings (SSSR count). The van der Waals surface area contributed by atoms with Crippen LogP contribution in [-0.2, 0) is 4.79 Å². The molecule has 0 radical (unpaired) electrons. The molecule has 0 bridgehead atoms. The SMILES string of the molecule is C=CC(=O)N1CC[C@@H](n2c(=O)n(-c3ccc(Cl)cc3)c3c(N)ncnc32)C1. The number of imidazole rings is 1. The normalized spacial score (nSPS) is 16.8. The number of likely N-dealkylation sites (tertiary alicyclic amines) is 1. The molecule has 1 aromatic carbocycles. The predicted molar refractivity (Wildman–Crippen MR) is 103 cm³/mol. The van der Waals surface area contributed by atoms with Crippen molar-refractivity contribution >= 4 is 34.5 Å². The van der Waals surface area contributed by atoms with Crippen molar-refractivity contribution in [2.24, 2.45) is 0 Å². The van der Waals surface area contributed by atoms with Gasteiger partial charge in [0, 0.05) is 18.1 Å². The van der Waals surface area contributed by atoms with Gasteiger partial charge in [0.1, 0.15) is 11.8 Å². The number of nitrogens with zero attached hydrogens (tertiary/aromatic N) is 5. The van der Waals surface area contributed by atoms with Gasteiger partial charge in [0.05, 0.1) is 11.7 Å². The lowest BCUT2D eigenvalue weighted by atomic mass is 10.2. The van der Waals surface area contributed by atoms with Crippen LogP contribution in [-0.4, -0.2) is 43.0 Å². The van der Waals surface area contributed by atoms with Gasteiger partial charge >= 0.3 is 5.69 Å². The Morgan fingerprint density at radius 3 is 2.74 bits per heavy atom. The fraction of sp³-hybridized carbons (Fsp3) is 0.222. The van der Waals surface area contributed by atoms with Crippen LogP contribution in [0.4, 0.5) is 5.82 Å². The molecule has 3 heterocycles. The van der Waals surface area contributed by atoms with E-state index in [4.69, 9.17) is 17.3 Å². The third-order valence-electron chi connectivity index (χ3n) is 4.78. The first-order valence-corrected chi connectivity index (χ1v) is 8.79. The number of nitrogen functional groups attached to an aromatic ring is 1. The second-order valence-electron chi connectivity index (χ2n) is 6.33. The summed E-state index contributed by atoms with van der Waals surface area (Å²) in [7, 11) is 0. The minimum Gasteiger partial charge on any atom is -0.382 e. The van der Waals surface area contributed by atoms with E-state index in [9.17, 15) is 9.59 Å². The first-order chi connectivity index (χ1) is 13.0. The predicted octanol–water partition coefficient (Wildman–Crippen LogP) is 1.78. The van der Waals surface area contributed by atoms with Crippen LogP contribution in [0, 0.1) is 0 Å². The molecule has 1 amide bonds. The number of carbonyl (C=O) groups excluding carboxylic acids is 1. The molecule has 2 aromatic heterocycles. The standard InChI is InChI=1S/C18H17ClN6O2/c1-2-14(26)23-8-7-13(9-23)25-17-15(16(20)21-10-22-17)24(18(25)27)12-5-3-11(19)4-6-12/h2-6,10,13H,1,7-9H2,(H2,20,21,22)/t13-/m1/s1. The Balaban J connectivity index is 1.90. The summed E-state index contributed by atoms with van der Waals surface area (Å²) in [5, 5.41) is 0.564. The zero-order valence-corrected chi connectivity index (χ0v) is 15.1. The van der Waals surface area contributed by atoms with Crippen LogP contribution >= 0.6 is 11.6 Å². The molecule has 2 N–H and O–H groups in total. The van der Waals surface area contributed by atoms with Crippen molar-refractivity contribution in [3.05, 3.63) is 58.8 Å². The Morgan fingerprint density at radius 1 is 1.30 bits per heavy atom. The van der Waals surface area contributed by atoms with Crippen LogP contribution in [0.15, 0.2) is 48.0 Å². The van der Waals surface area contributed by atoms with E-state index >= 15 is 0 Å². The van der Waals surface area contributed by atoms with Gasteiger partial charge in [-0.15, -0.1) is 0 Å². The van der Waals surface area contributed by atoms with Crippen molar-refractivity contribution in [3.8, 4) is 5.69 Å². The maximum atomic E-state index is 13.3. The van der Waals surface area contributed by atoms with Gasteiger partial charge in [-0.2, -0.15) is 0 Å². The number of hydrogen-bond donors (Lipinski definition) is 1. The molecule has 138 valence electrons. The summed E-state index contributed by atoms with van der Waals surface area (Å²) in [5.41, 5.74) is 7.30. The Labute approximate surface area is 159 Å². The summed E-state index contributed by atoms with van der Waals surface area (Å²) >= 11 is 5.97. The molecule has 0 unspecified atom stereocenters. The second-order valence-corrected chi connectivity index (χ2v) is 6.76. The molecule has 8 nitrogen and oxygen atoms in total. The second kappa shape index (κ2) is 6.55. The maximum Gasteiger partial charge on any atom is 0.335 e. The van der Waals surface area contributed by atoms with Crippen LogP contribution in [0.5, 0.6) is 0 Å². The largest absolute Gasteiger partial charge is 0.382 e. The molecule has 27 heavy (non-hydrogen) atoms. The maximum absolute atomic E-state index is 13.3. The summed E-state index contributed by atoms with van der Waals surface area (Å²) in [6.45, 7) is 4.48. The van der Waals surface area contributed by atoms with Crippen molar-refractivity contribution in [1.29, 1.82) is 0 Å². The number of hydrogen-bond acceptors (Lipinski definition) is 5. The Morgan fingerprint density at radius 2 is 2.04 bits per heavy atom. The lowest BCUT2D eigenvalue weighted by molar-refractivity contribution is -0.125. The Hall–Kier alpha value is -3.13. The fourth-order valence-electron chi connectivity index (χ4n) is 3.51. The highest BCUT2D eigenvalue weighted by Gasteiger charge is 2.31. The number of halogens is 1. The number of carbonyl (C=O) groups is 1.